The number of carboxylic acid groups (broad SMARTS) is 1. The Morgan fingerprint density at radius 2 is 0.861 bits per heavy atom. The van der Waals surface area contributed by atoms with Crippen molar-refractivity contribution in [3.63, 3.8) is 0 Å². The van der Waals surface area contributed by atoms with E-state index in [-0.39, 0.29) is 18.9 Å². The Kier molecular flexibility index (Phi) is 53.2. The van der Waals surface area contributed by atoms with Crippen molar-refractivity contribution in [2.45, 2.75) is 452 Å². The Balaban J connectivity index is 1.51. The quantitative estimate of drug-likeness (QED) is 0.0252. The summed E-state index contributed by atoms with van der Waals surface area (Å²) in [7, 11) is 0. The lowest BCUT2D eigenvalue weighted by Gasteiger charge is -2.50. The van der Waals surface area contributed by atoms with Gasteiger partial charge in [0.1, 0.15) is 67.1 Å². The maximum absolute atomic E-state index is 13.6. The summed E-state index contributed by atoms with van der Waals surface area (Å²) >= 11 is 0. The standard InChI is InChI=1S/C78H148N2O21/c1-4-6-8-10-12-14-16-18-20-22-24-26-28-29-30-32-34-36-38-40-42-44-46-48-50-52-65(88)80-59(60(85)51-49-47-45-43-41-39-37-35-33-31-27-25-23-21-19-17-15-13-11-9-7-5-2)57-96-75-70(92)69(91)72(64(56-83)98-75)99-76-71(93)74(68(90)63(55-82)97-76)101-78(77(94)95)53-61(86)66(79-58(3)84)73(100-78)67(89)62(87)54-81/h59-64,66-76,81-83,85-87,89-93H,4-57H2,1-3H3,(H,79,84)(H,80,88)(H,94,95). The predicted octanol–water partition coefficient (Wildman–Crippen LogP) is 10.8. The van der Waals surface area contributed by atoms with Gasteiger partial charge >= 0.3 is 5.97 Å². The molecule has 0 saturated carbocycles. The van der Waals surface area contributed by atoms with E-state index in [0.717, 1.165) is 51.9 Å². The van der Waals surface area contributed by atoms with E-state index in [0.29, 0.717) is 19.3 Å². The number of aliphatic hydroxyl groups excluding tert-OH is 11. The molecule has 23 nitrogen and oxygen atoms in total. The second-order valence-corrected chi connectivity index (χ2v) is 30.0. The van der Waals surface area contributed by atoms with E-state index in [1.807, 2.05) is 0 Å². The van der Waals surface area contributed by atoms with Crippen molar-refractivity contribution >= 4 is 17.8 Å². The molecule has 3 heterocycles. The van der Waals surface area contributed by atoms with E-state index in [9.17, 15) is 75.7 Å². The lowest BCUT2D eigenvalue weighted by molar-refractivity contribution is -0.386. The number of aliphatic carboxylic acids is 1. The topological polar surface area (TPSA) is 373 Å². The first-order chi connectivity index (χ1) is 48.9. The number of hydrogen-bond acceptors (Lipinski definition) is 20. The van der Waals surface area contributed by atoms with Gasteiger partial charge in [-0.2, -0.15) is 0 Å². The smallest absolute Gasteiger partial charge is 0.364 e. The van der Waals surface area contributed by atoms with Gasteiger partial charge in [0, 0.05) is 19.8 Å². The highest BCUT2D eigenvalue weighted by atomic mass is 16.8. The van der Waals surface area contributed by atoms with E-state index < -0.39 is 148 Å². The Hall–Kier alpha value is -2.27. The van der Waals surface area contributed by atoms with Gasteiger partial charge in [-0.15, -0.1) is 0 Å². The van der Waals surface area contributed by atoms with Crippen molar-refractivity contribution in [2.75, 3.05) is 26.4 Å². The lowest BCUT2D eigenvalue weighted by atomic mass is 9.88. The first-order valence-electron chi connectivity index (χ1n) is 40.9. The summed E-state index contributed by atoms with van der Waals surface area (Å²) in [4.78, 5) is 38.7. The van der Waals surface area contributed by atoms with Gasteiger partial charge in [0.25, 0.3) is 5.79 Å². The second-order valence-electron chi connectivity index (χ2n) is 30.0. The minimum atomic E-state index is -3.08. The van der Waals surface area contributed by atoms with Crippen molar-refractivity contribution in [1.29, 1.82) is 0 Å². The zero-order valence-corrected chi connectivity index (χ0v) is 63.0. The van der Waals surface area contributed by atoms with Crippen LogP contribution in [0.1, 0.15) is 342 Å². The number of amides is 2. The van der Waals surface area contributed by atoms with Crippen LogP contribution in [-0.2, 0) is 42.8 Å². The molecule has 0 aromatic rings. The largest absolute Gasteiger partial charge is 0.477 e. The molecule has 0 radical (unpaired) electrons. The Labute approximate surface area is 608 Å². The zero-order valence-electron chi connectivity index (χ0n) is 63.0. The zero-order chi connectivity index (χ0) is 73.9. The number of carbonyl (C=O) groups excluding carboxylic acids is 2. The fourth-order valence-electron chi connectivity index (χ4n) is 14.6. The van der Waals surface area contributed by atoms with Gasteiger partial charge in [0.2, 0.25) is 11.8 Å². The van der Waals surface area contributed by atoms with Crippen molar-refractivity contribution in [3.05, 3.63) is 0 Å². The summed E-state index contributed by atoms with van der Waals surface area (Å²) in [5, 5.41) is 137. The van der Waals surface area contributed by atoms with Gasteiger partial charge in [-0.1, -0.05) is 309 Å². The molecular weight excluding hydrogens is 1300 g/mol. The number of ether oxygens (including phenoxy) is 6. The third-order valence-corrected chi connectivity index (χ3v) is 21.1. The molecule has 101 heavy (non-hydrogen) atoms. The summed E-state index contributed by atoms with van der Waals surface area (Å²) < 4.78 is 35.0. The summed E-state index contributed by atoms with van der Waals surface area (Å²) in [5.41, 5.74) is 0. The van der Waals surface area contributed by atoms with Crippen molar-refractivity contribution in [2.24, 2.45) is 0 Å². The molecule has 0 aromatic carbocycles. The Morgan fingerprint density at radius 3 is 1.24 bits per heavy atom. The van der Waals surface area contributed by atoms with Crippen LogP contribution < -0.4 is 10.6 Å². The average molecular weight is 1450 g/mol. The third-order valence-electron chi connectivity index (χ3n) is 21.1. The Bertz CT molecular complexity index is 2020. The van der Waals surface area contributed by atoms with Crippen LogP contribution in [0.5, 0.6) is 0 Å². The summed E-state index contributed by atoms with van der Waals surface area (Å²) in [6.07, 6.45) is 30.9. The summed E-state index contributed by atoms with van der Waals surface area (Å²) in [6, 6.07) is -2.53. The first-order valence-corrected chi connectivity index (χ1v) is 40.9. The predicted molar refractivity (Wildman–Crippen MR) is 389 cm³/mol. The molecule has 18 atom stereocenters. The monoisotopic (exact) mass is 1450 g/mol. The summed E-state index contributed by atoms with van der Waals surface area (Å²) in [5.74, 6) is -6.09. The van der Waals surface area contributed by atoms with E-state index >= 15 is 0 Å². The van der Waals surface area contributed by atoms with Crippen LogP contribution in [0.3, 0.4) is 0 Å². The van der Waals surface area contributed by atoms with Crippen molar-refractivity contribution in [1.82, 2.24) is 10.6 Å². The first kappa shape index (κ1) is 92.9. The highest BCUT2D eigenvalue weighted by molar-refractivity contribution is 5.77. The fourth-order valence-corrected chi connectivity index (χ4v) is 14.6. The molecule has 23 heteroatoms. The molecule has 0 aliphatic carbocycles. The van der Waals surface area contributed by atoms with Gasteiger partial charge in [0.15, 0.2) is 12.6 Å². The third kappa shape index (κ3) is 38.4. The molecule has 0 aromatic heterocycles. The van der Waals surface area contributed by atoms with Gasteiger partial charge in [-0.25, -0.2) is 4.79 Å². The number of rotatable bonds is 65. The molecule has 0 spiro atoms. The molecule has 18 unspecified atom stereocenters. The minimum Gasteiger partial charge on any atom is -0.477 e. The fraction of sp³-hybridized carbons (Fsp3) is 0.962. The molecule has 3 fully saturated rings. The van der Waals surface area contributed by atoms with Crippen LogP contribution in [0.2, 0.25) is 0 Å². The van der Waals surface area contributed by atoms with Crippen LogP contribution in [0.25, 0.3) is 0 Å². The maximum Gasteiger partial charge on any atom is 0.364 e. The molecule has 2 amide bonds. The molecule has 3 aliphatic rings. The second kappa shape index (κ2) is 57.8. The Morgan fingerprint density at radius 1 is 0.475 bits per heavy atom. The van der Waals surface area contributed by atoms with Gasteiger partial charge in [-0.05, 0) is 12.8 Å². The van der Waals surface area contributed by atoms with Crippen molar-refractivity contribution in [3.8, 4) is 0 Å². The van der Waals surface area contributed by atoms with E-state index in [2.05, 4.69) is 24.5 Å². The van der Waals surface area contributed by atoms with Gasteiger partial charge in [-0.3, -0.25) is 9.59 Å². The van der Waals surface area contributed by atoms with Crippen molar-refractivity contribution < 1.29 is 104 Å². The molecule has 0 bridgehead atoms. The lowest BCUT2D eigenvalue weighted by Crippen LogP contribution is -2.70. The number of carboxylic acids is 1. The molecule has 3 rings (SSSR count). The van der Waals surface area contributed by atoms with Crippen LogP contribution in [0, 0.1) is 0 Å². The van der Waals surface area contributed by atoms with Crippen LogP contribution in [0.15, 0.2) is 0 Å². The molecular formula is C78H148N2O21. The van der Waals surface area contributed by atoms with Crippen LogP contribution >= 0.6 is 0 Å². The minimum absolute atomic E-state index is 0.230. The maximum atomic E-state index is 13.6. The van der Waals surface area contributed by atoms with Gasteiger partial charge in [0.05, 0.1) is 50.7 Å². The van der Waals surface area contributed by atoms with E-state index in [1.165, 1.54) is 244 Å². The normalized spacial score (nSPS) is 26.7. The highest BCUT2D eigenvalue weighted by Crippen LogP contribution is 2.39. The number of unbranched alkanes of at least 4 members (excludes halogenated alkanes) is 45. The van der Waals surface area contributed by atoms with Crippen LogP contribution in [-0.4, -0.2) is 215 Å². The summed E-state index contributed by atoms with van der Waals surface area (Å²) in [6.45, 7) is 2.27. The molecule has 14 N–H and O–H groups in total. The highest BCUT2D eigenvalue weighted by Gasteiger charge is 2.60. The van der Waals surface area contributed by atoms with Gasteiger partial charge < -0.3 is 100 Å². The van der Waals surface area contributed by atoms with Crippen LogP contribution in [0.4, 0.5) is 0 Å². The van der Waals surface area contributed by atoms with E-state index in [1.54, 1.807) is 0 Å². The number of aliphatic hydroxyl groups is 11. The molecule has 596 valence electrons. The molecule has 3 aliphatic heterocycles. The average Bonchev–Trinajstić information content (AvgIpc) is 0.756. The van der Waals surface area contributed by atoms with E-state index in [4.69, 9.17) is 28.4 Å². The number of nitrogens with one attached hydrogen (secondary N) is 2. The SMILES string of the molecule is CCCCCCCCCCCCCCCCCCCCCCCCCCCC(=O)NC(COC1OC(CO)C(OC2OC(CO)C(O)C(OC3(C(=O)O)CC(O)C(NC(C)=O)C(C(O)C(O)CO)O3)C2O)C(O)C1O)C(O)CCCCCCCCCCCCCCCCCCCCCCCC. The molecule has 3 saturated heterocycles. The number of hydrogen-bond donors (Lipinski definition) is 14. The number of carbonyl (C=O) groups is 3.